The predicted octanol–water partition coefficient (Wildman–Crippen LogP) is 0.884. The van der Waals surface area contributed by atoms with Gasteiger partial charge in [0.05, 0.1) is 11.4 Å². The van der Waals surface area contributed by atoms with Crippen LogP contribution in [0.15, 0.2) is 69.1 Å². The minimum absolute atomic E-state index is 0.0513. The third-order valence-corrected chi connectivity index (χ3v) is 6.85. The second-order valence-corrected chi connectivity index (χ2v) is 9.57. The van der Waals surface area contributed by atoms with Crippen molar-refractivity contribution >= 4 is 27.4 Å². The Morgan fingerprint density at radius 2 is 1.85 bits per heavy atom. The number of nitrogen functional groups attached to an aromatic ring is 1. The first-order chi connectivity index (χ1) is 15.7. The van der Waals surface area contributed by atoms with Crippen LogP contribution in [0.25, 0.3) is 0 Å². The number of carbonyl (C=O) groups is 1. The summed E-state index contributed by atoms with van der Waals surface area (Å²) in [5.41, 5.74) is 5.25. The summed E-state index contributed by atoms with van der Waals surface area (Å²) in [6.07, 6.45) is 1.56. The molecule has 1 aromatic heterocycles. The molecule has 2 aromatic carbocycles. The first-order valence-corrected chi connectivity index (χ1v) is 11.7. The van der Waals surface area contributed by atoms with Crippen molar-refractivity contribution in [3.8, 4) is 0 Å². The number of amides is 1. The normalized spacial score (nSPS) is 13.6. The Morgan fingerprint density at radius 1 is 1.15 bits per heavy atom. The molecule has 0 aliphatic heterocycles. The van der Waals surface area contributed by atoms with Gasteiger partial charge in [-0.2, -0.15) is 0 Å². The lowest BCUT2D eigenvalue weighted by molar-refractivity contribution is 0.0992. The maximum atomic E-state index is 13.1. The molecule has 0 atom stereocenters. The molecule has 0 unspecified atom stereocenters. The number of benzene rings is 2. The van der Waals surface area contributed by atoms with Crippen LogP contribution < -0.4 is 26.6 Å². The van der Waals surface area contributed by atoms with Gasteiger partial charge in [-0.15, -0.1) is 0 Å². The van der Waals surface area contributed by atoms with E-state index in [2.05, 4.69) is 9.71 Å². The van der Waals surface area contributed by atoms with Crippen LogP contribution in [0.4, 0.5) is 11.5 Å². The van der Waals surface area contributed by atoms with Crippen molar-refractivity contribution in [2.45, 2.75) is 30.3 Å². The predicted molar refractivity (Wildman–Crippen MR) is 124 cm³/mol. The summed E-state index contributed by atoms with van der Waals surface area (Å²) in [5, 5.41) is 0. The van der Waals surface area contributed by atoms with Crippen LogP contribution in [0.3, 0.4) is 0 Å². The molecule has 1 aliphatic rings. The number of aromatic nitrogens is 2. The Bertz CT molecular complexity index is 1430. The average molecular weight is 470 g/mol. The maximum Gasteiger partial charge on any atom is 0.330 e. The van der Waals surface area contributed by atoms with Gasteiger partial charge in [0.1, 0.15) is 5.82 Å². The fourth-order valence-corrected chi connectivity index (χ4v) is 4.76. The van der Waals surface area contributed by atoms with Crippen LogP contribution in [0, 0.1) is 0 Å². The van der Waals surface area contributed by atoms with E-state index in [4.69, 9.17) is 5.73 Å². The van der Waals surface area contributed by atoms with Gasteiger partial charge in [0.2, 0.25) is 10.0 Å². The topological polar surface area (TPSA) is 147 Å². The van der Waals surface area contributed by atoms with Crippen LogP contribution in [0.5, 0.6) is 0 Å². The van der Waals surface area contributed by atoms with E-state index in [9.17, 15) is 22.8 Å². The molecule has 1 heterocycles. The summed E-state index contributed by atoms with van der Waals surface area (Å²) in [5.74, 6) is -0.830. The summed E-state index contributed by atoms with van der Waals surface area (Å²) in [4.78, 5) is 41.2. The number of hydrogen-bond acceptors (Lipinski definition) is 6. The molecule has 10 nitrogen and oxygen atoms in total. The summed E-state index contributed by atoms with van der Waals surface area (Å²) in [6, 6.07) is 14.5. The second-order valence-electron chi connectivity index (χ2n) is 7.85. The molecule has 4 N–H and O–H groups in total. The van der Waals surface area contributed by atoms with Crippen molar-refractivity contribution in [1.29, 1.82) is 0 Å². The fraction of sp³-hybridized carbons (Fsp3) is 0.227. The number of hydrogen-bond donors (Lipinski definition) is 3. The Kier molecular flexibility index (Phi) is 5.91. The van der Waals surface area contributed by atoms with Crippen molar-refractivity contribution in [3.63, 3.8) is 0 Å². The van der Waals surface area contributed by atoms with E-state index in [0.717, 1.165) is 27.9 Å². The number of nitrogens with one attached hydrogen (secondary N) is 2. The number of nitrogens with two attached hydrogens (primary N) is 1. The van der Waals surface area contributed by atoms with Crippen LogP contribution >= 0.6 is 0 Å². The molecule has 11 heteroatoms. The van der Waals surface area contributed by atoms with Crippen LogP contribution in [0.2, 0.25) is 0 Å². The van der Waals surface area contributed by atoms with Crippen molar-refractivity contribution in [3.05, 3.63) is 86.6 Å². The summed E-state index contributed by atoms with van der Waals surface area (Å²) >= 11 is 0. The quantitative estimate of drug-likeness (QED) is 0.468. The lowest BCUT2D eigenvalue weighted by Crippen LogP contribution is -2.39. The highest BCUT2D eigenvalue weighted by atomic mass is 32.2. The van der Waals surface area contributed by atoms with Gasteiger partial charge in [0, 0.05) is 18.7 Å². The first-order valence-electron chi connectivity index (χ1n) is 10.2. The van der Waals surface area contributed by atoms with Gasteiger partial charge in [0.15, 0.2) is 5.69 Å². The zero-order valence-electron chi connectivity index (χ0n) is 17.8. The Labute approximate surface area is 189 Å². The van der Waals surface area contributed by atoms with E-state index in [1.807, 2.05) is 6.07 Å². The highest BCUT2D eigenvalue weighted by Crippen LogP contribution is 2.23. The zero-order chi connectivity index (χ0) is 23.8. The molecular formula is C22H23N5O5S. The number of carbonyl (C=O) groups excluding carboxylic acids is 1. The molecule has 0 radical (unpaired) electrons. The maximum absolute atomic E-state index is 13.1. The second kappa shape index (κ2) is 8.68. The largest absolute Gasteiger partial charge is 0.383 e. The molecule has 1 aliphatic carbocycles. The molecule has 0 bridgehead atoms. The van der Waals surface area contributed by atoms with E-state index in [1.54, 1.807) is 24.3 Å². The standard InChI is InChI=1S/C22H23N5O5S/c1-26(21(29)15-8-5-9-17(12-15)33(31,32)25-16-10-11-16)18-19(23)27(22(30)24-20(18)28)13-14-6-3-2-4-7-14/h2-9,12,16,25H,10-11,13,23H2,1H3,(H,24,28,30). The van der Waals surface area contributed by atoms with E-state index < -0.39 is 27.2 Å². The third kappa shape index (κ3) is 4.73. The summed E-state index contributed by atoms with van der Waals surface area (Å²) < 4.78 is 28.8. The molecule has 0 saturated heterocycles. The van der Waals surface area contributed by atoms with Crippen molar-refractivity contribution in [2.24, 2.45) is 0 Å². The van der Waals surface area contributed by atoms with E-state index in [1.165, 1.54) is 31.3 Å². The lowest BCUT2D eigenvalue weighted by atomic mass is 10.2. The van der Waals surface area contributed by atoms with Gasteiger partial charge >= 0.3 is 5.69 Å². The molecule has 1 fully saturated rings. The summed E-state index contributed by atoms with van der Waals surface area (Å²) in [7, 11) is -2.43. The van der Waals surface area contributed by atoms with Crippen molar-refractivity contribution in [1.82, 2.24) is 14.3 Å². The van der Waals surface area contributed by atoms with E-state index >= 15 is 0 Å². The number of aromatic amines is 1. The van der Waals surface area contributed by atoms with E-state index in [0.29, 0.717) is 0 Å². The highest BCUT2D eigenvalue weighted by Gasteiger charge is 2.29. The SMILES string of the molecule is CN(C(=O)c1cccc(S(=O)(=O)NC2CC2)c1)c1c(N)n(Cc2ccccc2)c(=O)[nH]c1=O. The minimum Gasteiger partial charge on any atom is -0.383 e. The molecule has 172 valence electrons. The number of sulfonamides is 1. The van der Waals surface area contributed by atoms with Crippen molar-refractivity contribution < 1.29 is 13.2 Å². The number of anilines is 2. The van der Waals surface area contributed by atoms with Gasteiger partial charge in [-0.3, -0.25) is 19.1 Å². The Hall–Kier alpha value is -3.70. The third-order valence-electron chi connectivity index (χ3n) is 5.33. The first kappa shape index (κ1) is 22.5. The smallest absolute Gasteiger partial charge is 0.330 e. The fourth-order valence-electron chi connectivity index (χ4n) is 3.40. The molecule has 0 spiro atoms. The molecule has 33 heavy (non-hydrogen) atoms. The van der Waals surface area contributed by atoms with Crippen LogP contribution in [-0.2, 0) is 16.6 Å². The van der Waals surface area contributed by atoms with E-state index in [-0.39, 0.29) is 34.6 Å². The summed E-state index contributed by atoms with van der Waals surface area (Å²) in [6.45, 7) is 0.0951. The molecule has 3 aromatic rings. The number of nitrogens with zero attached hydrogens (tertiary/aromatic N) is 2. The van der Waals surface area contributed by atoms with Gasteiger partial charge < -0.3 is 10.6 Å². The van der Waals surface area contributed by atoms with Gasteiger partial charge in [-0.25, -0.2) is 17.9 Å². The monoisotopic (exact) mass is 469 g/mol. The molecular weight excluding hydrogens is 446 g/mol. The van der Waals surface area contributed by atoms with Crippen LogP contribution in [0.1, 0.15) is 28.8 Å². The van der Waals surface area contributed by atoms with Crippen LogP contribution in [-0.4, -0.2) is 37.0 Å². The van der Waals surface area contributed by atoms with Crippen molar-refractivity contribution in [2.75, 3.05) is 17.7 Å². The van der Waals surface area contributed by atoms with Gasteiger partial charge in [0.25, 0.3) is 11.5 Å². The van der Waals surface area contributed by atoms with Gasteiger partial charge in [-0.05, 0) is 36.6 Å². The Balaban J connectivity index is 1.68. The lowest BCUT2D eigenvalue weighted by Gasteiger charge is -2.20. The average Bonchev–Trinajstić information content (AvgIpc) is 3.60. The molecule has 1 saturated carbocycles. The molecule has 1 amide bonds. The number of H-pyrrole nitrogens is 1. The minimum atomic E-state index is -3.77. The molecule has 4 rings (SSSR count). The zero-order valence-corrected chi connectivity index (χ0v) is 18.6. The Morgan fingerprint density at radius 3 is 2.52 bits per heavy atom. The number of rotatable bonds is 7. The highest BCUT2D eigenvalue weighted by molar-refractivity contribution is 7.89. The van der Waals surface area contributed by atoms with Gasteiger partial charge in [-0.1, -0.05) is 36.4 Å².